The van der Waals surface area contributed by atoms with Crippen LogP contribution in [0.4, 0.5) is 0 Å². The highest BCUT2D eigenvalue weighted by Crippen LogP contribution is 2.31. The Morgan fingerprint density at radius 1 is 1.29 bits per heavy atom. The second kappa shape index (κ2) is 6.96. The molecule has 0 aliphatic rings. The van der Waals surface area contributed by atoms with Gasteiger partial charge in [0.25, 0.3) is 0 Å². The molecular weight excluding hydrogens is 356 g/mol. The smallest absolute Gasteiger partial charge is 0.349 e. The molecular formula is C16H14BrClO3. The average Bonchev–Trinajstić information content (AvgIpc) is 2.46. The maximum atomic E-state index is 11.5. The summed E-state index contributed by atoms with van der Waals surface area (Å²) in [4.78, 5) is 11.5. The van der Waals surface area contributed by atoms with Crippen molar-refractivity contribution in [2.24, 2.45) is 0 Å². The molecule has 0 aliphatic heterocycles. The number of rotatable bonds is 5. The summed E-state index contributed by atoms with van der Waals surface area (Å²) in [6, 6.07) is 12.2. The molecule has 110 valence electrons. The maximum Gasteiger partial charge on any atom is 0.349 e. The fraction of sp³-hybridized carbons (Fsp3) is 0.188. The third-order valence-corrected chi connectivity index (χ3v) is 3.92. The molecule has 2 aromatic rings. The highest BCUT2D eigenvalue weighted by atomic mass is 79.9. The van der Waals surface area contributed by atoms with E-state index in [9.17, 15) is 9.90 Å². The minimum Gasteiger partial charge on any atom is -0.478 e. The van der Waals surface area contributed by atoms with Crippen molar-refractivity contribution in [3.05, 3.63) is 63.1 Å². The molecule has 1 atom stereocenters. The number of aryl methyl sites for hydroxylation is 1. The minimum atomic E-state index is -1.08. The van der Waals surface area contributed by atoms with Crippen LogP contribution in [-0.2, 0) is 11.2 Å². The monoisotopic (exact) mass is 368 g/mol. The Bertz CT molecular complexity index is 640. The molecule has 1 unspecified atom stereocenters. The number of halogens is 2. The van der Waals surface area contributed by atoms with Gasteiger partial charge in [-0.15, -0.1) is 0 Å². The van der Waals surface area contributed by atoms with Crippen molar-refractivity contribution in [2.75, 3.05) is 0 Å². The Hall–Kier alpha value is -1.52. The normalized spacial score (nSPS) is 12.0. The van der Waals surface area contributed by atoms with Gasteiger partial charge in [0.1, 0.15) is 5.75 Å². The van der Waals surface area contributed by atoms with Crippen LogP contribution in [0.1, 0.15) is 24.2 Å². The van der Waals surface area contributed by atoms with Crippen LogP contribution in [0.5, 0.6) is 5.75 Å². The number of ether oxygens (including phenoxy) is 1. The first-order valence-corrected chi connectivity index (χ1v) is 7.61. The van der Waals surface area contributed by atoms with E-state index in [2.05, 4.69) is 22.9 Å². The first-order valence-electron chi connectivity index (χ1n) is 6.44. The molecule has 5 heteroatoms. The third kappa shape index (κ3) is 3.99. The molecule has 0 heterocycles. The quantitative estimate of drug-likeness (QED) is 0.818. The molecule has 0 spiro atoms. The van der Waals surface area contributed by atoms with E-state index in [1.807, 2.05) is 12.1 Å². The van der Waals surface area contributed by atoms with Gasteiger partial charge in [-0.25, -0.2) is 4.79 Å². The first kappa shape index (κ1) is 15.9. The molecule has 0 fully saturated rings. The minimum absolute atomic E-state index is 0.495. The third-order valence-electron chi connectivity index (χ3n) is 3.05. The van der Waals surface area contributed by atoms with E-state index in [1.54, 1.807) is 30.3 Å². The Balaban J connectivity index is 2.28. The first-order chi connectivity index (χ1) is 10.0. The van der Waals surface area contributed by atoms with Crippen molar-refractivity contribution < 1.29 is 14.6 Å². The zero-order chi connectivity index (χ0) is 15.4. The molecule has 0 amide bonds. The largest absolute Gasteiger partial charge is 0.478 e. The van der Waals surface area contributed by atoms with E-state index >= 15 is 0 Å². The van der Waals surface area contributed by atoms with Gasteiger partial charge in [0, 0.05) is 10.6 Å². The van der Waals surface area contributed by atoms with E-state index in [1.165, 1.54) is 0 Å². The molecule has 1 N–H and O–H groups in total. The van der Waals surface area contributed by atoms with Gasteiger partial charge in [-0.05, 0) is 52.2 Å². The summed E-state index contributed by atoms with van der Waals surface area (Å²) in [5, 5.41) is 9.93. The number of hydrogen-bond acceptors (Lipinski definition) is 2. The van der Waals surface area contributed by atoms with Gasteiger partial charge < -0.3 is 9.84 Å². The van der Waals surface area contributed by atoms with Gasteiger partial charge in [-0.3, -0.25) is 0 Å². The van der Waals surface area contributed by atoms with Crippen molar-refractivity contribution in [1.29, 1.82) is 0 Å². The Labute approximate surface area is 136 Å². The zero-order valence-electron chi connectivity index (χ0n) is 11.3. The molecule has 0 aromatic heterocycles. The molecule has 0 radical (unpaired) electrons. The van der Waals surface area contributed by atoms with Gasteiger partial charge in [0.2, 0.25) is 6.10 Å². The predicted octanol–water partition coefficient (Wildman–Crippen LogP) is 4.87. The van der Waals surface area contributed by atoms with Gasteiger partial charge in [0.15, 0.2) is 0 Å². The summed E-state index contributed by atoms with van der Waals surface area (Å²) in [7, 11) is 0. The molecule has 2 rings (SSSR count). The number of benzene rings is 2. The number of carboxylic acids is 1. The zero-order valence-corrected chi connectivity index (χ0v) is 13.7. The van der Waals surface area contributed by atoms with Crippen LogP contribution in [-0.4, -0.2) is 11.1 Å². The number of aliphatic carboxylic acids is 1. The summed E-state index contributed by atoms with van der Waals surface area (Å²) in [6.45, 7) is 2.05. The highest BCUT2D eigenvalue weighted by Gasteiger charge is 2.22. The van der Waals surface area contributed by atoms with E-state index in [0.29, 0.717) is 16.3 Å². The summed E-state index contributed by atoms with van der Waals surface area (Å²) >= 11 is 9.23. The van der Waals surface area contributed by atoms with Gasteiger partial charge in [-0.2, -0.15) is 0 Å². The molecule has 0 aliphatic carbocycles. The van der Waals surface area contributed by atoms with Crippen molar-refractivity contribution >= 4 is 33.5 Å². The summed E-state index contributed by atoms with van der Waals surface area (Å²) in [5.41, 5.74) is 1.69. The number of carbonyl (C=O) groups is 1. The number of carboxylic acid groups (broad SMARTS) is 1. The lowest BCUT2D eigenvalue weighted by Crippen LogP contribution is -2.18. The molecule has 21 heavy (non-hydrogen) atoms. The number of hydrogen-bond donors (Lipinski definition) is 1. The summed E-state index contributed by atoms with van der Waals surface area (Å²) in [6.07, 6.45) is -0.177. The molecule has 0 saturated heterocycles. The Kier molecular flexibility index (Phi) is 5.26. The second-order valence-electron chi connectivity index (χ2n) is 4.51. The summed E-state index contributed by atoms with van der Waals surface area (Å²) in [5.74, 6) is -0.557. The van der Waals surface area contributed by atoms with Crippen LogP contribution in [0, 0.1) is 0 Å². The van der Waals surface area contributed by atoms with Gasteiger partial charge in [-0.1, -0.05) is 36.7 Å². The Morgan fingerprint density at radius 2 is 1.95 bits per heavy atom. The van der Waals surface area contributed by atoms with Crippen LogP contribution in [0.2, 0.25) is 5.02 Å². The molecule has 2 aromatic carbocycles. The lowest BCUT2D eigenvalue weighted by atomic mass is 10.1. The molecule has 3 nitrogen and oxygen atoms in total. The summed E-state index contributed by atoms with van der Waals surface area (Å²) < 4.78 is 6.38. The van der Waals surface area contributed by atoms with Crippen LogP contribution < -0.4 is 4.74 Å². The lowest BCUT2D eigenvalue weighted by Gasteiger charge is -2.17. The maximum absolute atomic E-state index is 11.5. The molecule has 0 saturated carbocycles. The van der Waals surface area contributed by atoms with E-state index < -0.39 is 12.1 Å². The highest BCUT2D eigenvalue weighted by molar-refractivity contribution is 9.10. The van der Waals surface area contributed by atoms with E-state index in [0.717, 1.165) is 16.5 Å². The van der Waals surface area contributed by atoms with Crippen LogP contribution in [0.25, 0.3) is 0 Å². The Morgan fingerprint density at radius 3 is 2.48 bits per heavy atom. The van der Waals surface area contributed by atoms with Crippen molar-refractivity contribution in [3.63, 3.8) is 0 Å². The standard InChI is InChI=1S/C16H14BrClO3/c1-2-10-3-8-14(13(17)9-10)21-15(16(19)20)11-4-6-12(18)7-5-11/h3-9,15H,2H2,1H3,(H,19,20). The van der Waals surface area contributed by atoms with Crippen molar-refractivity contribution in [2.45, 2.75) is 19.4 Å². The van der Waals surface area contributed by atoms with E-state index in [-0.39, 0.29) is 0 Å². The topological polar surface area (TPSA) is 46.5 Å². The lowest BCUT2D eigenvalue weighted by molar-refractivity contribution is -0.145. The van der Waals surface area contributed by atoms with Crippen molar-refractivity contribution in [1.82, 2.24) is 0 Å². The predicted molar refractivity (Wildman–Crippen MR) is 86.0 cm³/mol. The van der Waals surface area contributed by atoms with Crippen LogP contribution in [0.3, 0.4) is 0 Å². The van der Waals surface area contributed by atoms with Crippen molar-refractivity contribution in [3.8, 4) is 5.75 Å². The fourth-order valence-electron chi connectivity index (χ4n) is 1.89. The van der Waals surface area contributed by atoms with Crippen LogP contribution >= 0.6 is 27.5 Å². The van der Waals surface area contributed by atoms with E-state index in [4.69, 9.17) is 16.3 Å². The average molecular weight is 370 g/mol. The fourth-order valence-corrected chi connectivity index (χ4v) is 2.53. The van der Waals surface area contributed by atoms with Gasteiger partial charge in [0.05, 0.1) is 4.47 Å². The SMILES string of the molecule is CCc1ccc(OC(C(=O)O)c2ccc(Cl)cc2)c(Br)c1. The van der Waals surface area contributed by atoms with Gasteiger partial charge >= 0.3 is 5.97 Å². The van der Waals surface area contributed by atoms with Crippen LogP contribution in [0.15, 0.2) is 46.9 Å². The second-order valence-corrected chi connectivity index (χ2v) is 5.80. The molecule has 0 bridgehead atoms.